The first-order valence-corrected chi connectivity index (χ1v) is 9.27. The maximum absolute atomic E-state index is 12.7. The highest BCUT2D eigenvalue weighted by Crippen LogP contribution is 2.36. The van der Waals surface area contributed by atoms with E-state index in [-0.39, 0.29) is 23.9 Å². The molecular weight excluding hydrogens is 406 g/mol. The maximum atomic E-state index is 12.7. The summed E-state index contributed by atoms with van der Waals surface area (Å²) in [5.74, 6) is -0.207. The van der Waals surface area contributed by atoms with E-state index in [2.05, 4.69) is 5.32 Å². The number of benzene rings is 2. The molecule has 1 heterocycles. The molecule has 1 amide bonds. The number of allylic oxidation sites excluding steroid dienone is 1. The van der Waals surface area contributed by atoms with Crippen molar-refractivity contribution in [3.05, 3.63) is 53.3 Å². The summed E-state index contributed by atoms with van der Waals surface area (Å²) in [6.45, 7) is 0.967. The number of Topliss-reactive ketones (excluding diaryl/α,β-unsaturated/α-hetero) is 1. The number of ketones is 1. The standard InChI is InChI=1S/C22H21NO8/c1-12(22(26)27)23-20(24)11-30-15-4-6-16-18(10-15)31-19(21(16)25)9-13-8-14(28-2)5-7-17(13)29-3/h4-10,12H,11H2,1-3H3,(H,23,24)(H,26,27)/t12-/m0/s1. The van der Waals surface area contributed by atoms with Gasteiger partial charge in [0, 0.05) is 11.6 Å². The molecular formula is C22H21NO8. The molecule has 1 aliphatic rings. The van der Waals surface area contributed by atoms with Crippen molar-refractivity contribution in [1.82, 2.24) is 5.32 Å². The van der Waals surface area contributed by atoms with Gasteiger partial charge in [0.2, 0.25) is 5.78 Å². The Morgan fingerprint density at radius 2 is 1.87 bits per heavy atom. The fourth-order valence-corrected chi connectivity index (χ4v) is 2.84. The summed E-state index contributed by atoms with van der Waals surface area (Å²) >= 11 is 0. The SMILES string of the molecule is COc1ccc(OC)c(C=C2Oc3cc(OCC(=O)N[C@@H](C)C(=O)O)ccc3C2=O)c1. The van der Waals surface area contributed by atoms with Crippen LogP contribution in [0, 0.1) is 0 Å². The lowest BCUT2D eigenvalue weighted by molar-refractivity contribution is -0.141. The molecule has 162 valence electrons. The molecule has 0 saturated heterocycles. The molecule has 9 heteroatoms. The van der Waals surface area contributed by atoms with Gasteiger partial charge in [0.1, 0.15) is 29.0 Å². The maximum Gasteiger partial charge on any atom is 0.325 e. The first kappa shape index (κ1) is 21.7. The Morgan fingerprint density at radius 3 is 2.55 bits per heavy atom. The van der Waals surface area contributed by atoms with Crippen LogP contribution in [-0.2, 0) is 9.59 Å². The number of aliphatic carboxylic acids is 1. The van der Waals surface area contributed by atoms with E-state index in [1.807, 2.05) is 0 Å². The van der Waals surface area contributed by atoms with Gasteiger partial charge in [-0.05, 0) is 43.3 Å². The number of carboxylic acids is 1. The Bertz CT molecular complexity index is 1060. The summed E-state index contributed by atoms with van der Waals surface area (Å²) in [5.41, 5.74) is 0.961. The summed E-state index contributed by atoms with van der Waals surface area (Å²) in [4.78, 5) is 35.2. The lowest BCUT2D eigenvalue weighted by atomic mass is 10.1. The van der Waals surface area contributed by atoms with Crippen LogP contribution in [-0.4, -0.2) is 49.6 Å². The van der Waals surface area contributed by atoms with Crippen molar-refractivity contribution in [2.45, 2.75) is 13.0 Å². The van der Waals surface area contributed by atoms with E-state index < -0.39 is 17.9 Å². The van der Waals surface area contributed by atoms with E-state index in [0.29, 0.717) is 28.4 Å². The highest BCUT2D eigenvalue weighted by Gasteiger charge is 2.28. The Hall–Kier alpha value is -4.01. The van der Waals surface area contributed by atoms with E-state index in [4.69, 9.17) is 24.1 Å². The van der Waals surface area contributed by atoms with E-state index in [1.165, 1.54) is 39.3 Å². The summed E-state index contributed by atoms with van der Waals surface area (Å²) in [6, 6.07) is 8.71. The molecule has 2 aromatic carbocycles. The van der Waals surface area contributed by atoms with Crippen LogP contribution < -0.4 is 24.3 Å². The van der Waals surface area contributed by atoms with Gasteiger partial charge in [0.15, 0.2) is 12.4 Å². The van der Waals surface area contributed by atoms with Crippen molar-refractivity contribution < 1.29 is 38.4 Å². The molecule has 0 saturated carbocycles. The van der Waals surface area contributed by atoms with Crippen molar-refractivity contribution >= 4 is 23.7 Å². The van der Waals surface area contributed by atoms with Crippen LogP contribution >= 0.6 is 0 Å². The zero-order chi connectivity index (χ0) is 22.5. The molecule has 0 spiro atoms. The number of methoxy groups -OCH3 is 2. The average Bonchev–Trinajstić information content (AvgIpc) is 3.06. The second kappa shape index (κ2) is 9.21. The van der Waals surface area contributed by atoms with E-state index in [1.54, 1.807) is 24.3 Å². The van der Waals surface area contributed by atoms with Crippen LogP contribution in [0.5, 0.6) is 23.0 Å². The Morgan fingerprint density at radius 1 is 1.13 bits per heavy atom. The number of hydrogen-bond acceptors (Lipinski definition) is 7. The van der Waals surface area contributed by atoms with Crippen LogP contribution in [0.25, 0.3) is 6.08 Å². The molecule has 0 radical (unpaired) electrons. The monoisotopic (exact) mass is 427 g/mol. The molecule has 2 N–H and O–H groups in total. The normalized spacial score (nSPS) is 14.4. The highest BCUT2D eigenvalue weighted by molar-refractivity contribution is 6.14. The average molecular weight is 427 g/mol. The van der Waals surface area contributed by atoms with Gasteiger partial charge in [0.05, 0.1) is 19.8 Å². The number of fused-ring (bicyclic) bond motifs is 1. The summed E-state index contributed by atoms with van der Waals surface area (Å²) < 4.78 is 21.6. The van der Waals surface area contributed by atoms with Crippen LogP contribution in [0.4, 0.5) is 0 Å². The quantitative estimate of drug-likeness (QED) is 0.616. The third-order valence-corrected chi connectivity index (χ3v) is 4.48. The molecule has 9 nitrogen and oxygen atoms in total. The van der Waals surface area contributed by atoms with Gasteiger partial charge in [-0.1, -0.05) is 0 Å². The number of carboxylic acid groups (broad SMARTS) is 1. The third-order valence-electron chi connectivity index (χ3n) is 4.48. The van der Waals surface area contributed by atoms with Crippen molar-refractivity contribution in [2.75, 3.05) is 20.8 Å². The van der Waals surface area contributed by atoms with Crippen LogP contribution in [0.2, 0.25) is 0 Å². The topological polar surface area (TPSA) is 120 Å². The number of hydrogen-bond donors (Lipinski definition) is 2. The number of ether oxygens (including phenoxy) is 4. The van der Waals surface area contributed by atoms with Gasteiger partial charge in [-0.15, -0.1) is 0 Å². The van der Waals surface area contributed by atoms with Crippen molar-refractivity contribution in [3.8, 4) is 23.0 Å². The van der Waals surface area contributed by atoms with Crippen molar-refractivity contribution in [3.63, 3.8) is 0 Å². The van der Waals surface area contributed by atoms with Gasteiger partial charge in [0.25, 0.3) is 5.91 Å². The first-order chi connectivity index (χ1) is 14.8. The Labute approximate surface area is 178 Å². The minimum absolute atomic E-state index is 0.103. The van der Waals surface area contributed by atoms with Gasteiger partial charge in [-0.25, -0.2) is 0 Å². The predicted octanol–water partition coefficient (Wildman–Crippen LogP) is 2.29. The Balaban J connectivity index is 1.74. The fourth-order valence-electron chi connectivity index (χ4n) is 2.84. The molecule has 0 aromatic heterocycles. The molecule has 31 heavy (non-hydrogen) atoms. The number of carbonyl (C=O) groups is 3. The Kier molecular flexibility index (Phi) is 6.44. The molecule has 3 rings (SSSR count). The smallest absolute Gasteiger partial charge is 0.325 e. The van der Waals surface area contributed by atoms with Crippen LogP contribution in [0.15, 0.2) is 42.2 Å². The van der Waals surface area contributed by atoms with Gasteiger partial charge in [-0.3, -0.25) is 14.4 Å². The van der Waals surface area contributed by atoms with Crippen LogP contribution in [0.1, 0.15) is 22.8 Å². The number of carbonyl (C=O) groups excluding carboxylic acids is 2. The second-order valence-electron chi connectivity index (χ2n) is 6.62. The van der Waals surface area contributed by atoms with Crippen molar-refractivity contribution in [1.29, 1.82) is 0 Å². The zero-order valence-corrected chi connectivity index (χ0v) is 17.1. The molecule has 0 bridgehead atoms. The van der Waals surface area contributed by atoms with Gasteiger partial charge < -0.3 is 29.4 Å². The van der Waals surface area contributed by atoms with E-state index >= 15 is 0 Å². The molecule has 1 atom stereocenters. The lowest BCUT2D eigenvalue weighted by Gasteiger charge is -2.10. The molecule has 0 fully saturated rings. The first-order valence-electron chi connectivity index (χ1n) is 9.27. The fraction of sp³-hybridized carbons (Fsp3) is 0.227. The minimum Gasteiger partial charge on any atom is -0.497 e. The summed E-state index contributed by atoms with van der Waals surface area (Å²) in [6.07, 6.45) is 1.56. The summed E-state index contributed by atoms with van der Waals surface area (Å²) in [7, 11) is 3.06. The predicted molar refractivity (Wildman–Crippen MR) is 110 cm³/mol. The second-order valence-corrected chi connectivity index (χ2v) is 6.62. The van der Waals surface area contributed by atoms with Crippen LogP contribution in [0.3, 0.4) is 0 Å². The van der Waals surface area contributed by atoms with Crippen molar-refractivity contribution in [2.24, 2.45) is 0 Å². The summed E-state index contributed by atoms with van der Waals surface area (Å²) in [5, 5.41) is 11.1. The zero-order valence-electron chi connectivity index (χ0n) is 17.1. The highest BCUT2D eigenvalue weighted by atomic mass is 16.5. The van der Waals surface area contributed by atoms with Gasteiger partial charge >= 0.3 is 5.97 Å². The van der Waals surface area contributed by atoms with E-state index in [9.17, 15) is 14.4 Å². The molecule has 2 aromatic rings. The van der Waals surface area contributed by atoms with Gasteiger partial charge in [-0.2, -0.15) is 0 Å². The number of amides is 1. The largest absolute Gasteiger partial charge is 0.497 e. The molecule has 1 aliphatic heterocycles. The number of rotatable bonds is 8. The number of nitrogens with one attached hydrogen (secondary N) is 1. The van der Waals surface area contributed by atoms with E-state index in [0.717, 1.165) is 0 Å². The third kappa shape index (κ3) is 4.95. The molecule has 0 unspecified atom stereocenters. The lowest BCUT2D eigenvalue weighted by Crippen LogP contribution is -2.40. The minimum atomic E-state index is -1.15. The molecule has 0 aliphatic carbocycles.